The first-order valence-corrected chi connectivity index (χ1v) is 10.4. The van der Waals surface area contributed by atoms with Crippen LogP contribution in [-0.4, -0.2) is 42.6 Å². The topological polar surface area (TPSA) is 121 Å². The number of carbonyl (C=O) groups excluding carboxylic acids is 1. The van der Waals surface area contributed by atoms with Crippen LogP contribution in [0, 0.1) is 0 Å². The Morgan fingerprint density at radius 2 is 1.93 bits per heavy atom. The molecule has 4 rings (SSSR count). The molecule has 0 amide bonds. The lowest BCUT2D eigenvalue weighted by atomic mass is 10.2. The SMILES string of the molecule is CSc1nc(N)nn1C(=O)c1cc2ccc(=O)n(-c3ccc(OC(C)C)cc3)c2[nH]1. The van der Waals surface area contributed by atoms with Crippen molar-refractivity contribution in [1.82, 2.24) is 24.3 Å². The number of nitrogens with one attached hydrogen (secondary N) is 1. The summed E-state index contributed by atoms with van der Waals surface area (Å²) < 4.78 is 8.32. The maximum atomic E-state index is 12.9. The van der Waals surface area contributed by atoms with Crippen molar-refractivity contribution in [2.75, 3.05) is 12.0 Å². The van der Waals surface area contributed by atoms with Gasteiger partial charge >= 0.3 is 0 Å². The van der Waals surface area contributed by atoms with Gasteiger partial charge in [-0.1, -0.05) is 11.8 Å². The Morgan fingerprint density at radius 3 is 2.60 bits per heavy atom. The van der Waals surface area contributed by atoms with Crippen molar-refractivity contribution in [3.63, 3.8) is 0 Å². The van der Waals surface area contributed by atoms with E-state index in [2.05, 4.69) is 15.1 Å². The zero-order chi connectivity index (χ0) is 21.4. The highest BCUT2D eigenvalue weighted by Gasteiger charge is 2.19. The first-order chi connectivity index (χ1) is 14.4. The third-order valence-electron chi connectivity index (χ3n) is 4.34. The summed E-state index contributed by atoms with van der Waals surface area (Å²) in [7, 11) is 0. The zero-order valence-electron chi connectivity index (χ0n) is 16.6. The number of nitrogen functional groups attached to an aromatic ring is 1. The summed E-state index contributed by atoms with van der Waals surface area (Å²) in [6.45, 7) is 3.89. The number of aromatic amines is 1. The normalized spacial score (nSPS) is 11.3. The molecule has 0 atom stereocenters. The summed E-state index contributed by atoms with van der Waals surface area (Å²) in [5.41, 5.74) is 6.83. The molecule has 154 valence electrons. The summed E-state index contributed by atoms with van der Waals surface area (Å²) in [6, 6.07) is 12.0. The summed E-state index contributed by atoms with van der Waals surface area (Å²) >= 11 is 1.26. The van der Waals surface area contributed by atoms with Crippen LogP contribution in [0.25, 0.3) is 16.7 Å². The van der Waals surface area contributed by atoms with E-state index in [0.717, 1.165) is 4.68 Å². The zero-order valence-corrected chi connectivity index (χ0v) is 17.4. The van der Waals surface area contributed by atoms with Gasteiger partial charge in [0.05, 0.1) is 11.8 Å². The Labute approximate surface area is 175 Å². The minimum Gasteiger partial charge on any atom is -0.491 e. The number of nitrogens with two attached hydrogens (primary N) is 1. The molecule has 4 aromatic rings. The van der Waals surface area contributed by atoms with E-state index in [-0.39, 0.29) is 23.3 Å². The van der Waals surface area contributed by atoms with Gasteiger partial charge in [0.25, 0.3) is 11.5 Å². The van der Waals surface area contributed by atoms with Crippen LogP contribution in [0.4, 0.5) is 5.95 Å². The van der Waals surface area contributed by atoms with E-state index < -0.39 is 5.91 Å². The molecule has 1 aromatic carbocycles. The quantitative estimate of drug-likeness (QED) is 0.473. The van der Waals surface area contributed by atoms with Crippen LogP contribution in [0.5, 0.6) is 5.75 Å². The number of fused-ring (bicyclic) bond motifs is 1. The number of benzene rings is 1. The molecule has 0 aliphatic carbocycles. The molecule has 0 saturated carbocycles. The third kappa shape index (κ3) is 3.57. The monoisotopic (exact) mass is 424 g/mol. The van der Waals surface area contributed by atoms with Gasteiger partial charge in [0.2, 0.25) is 5.95 Å². The molecule has 3 N–H and O–H groups in total. The van der Waals surface area contributed by atoms with Crippen LogP contribution in [0.3, 0.4) is 0 Å². The van der Waals surface area contributed by atoms with Gasteiger partial charge in [0.15, 0.2) is 5.16 Å². The van der Waals surface area contributed by atoms with Crippen molar-refractivity contribution in [2.24, 2.45) is 0 Å². The average molecular weight is 424 g/mol. The molecule has 3 aromatic heterocycles. The lowest BCUT2D eigenvalue weighted by Gasteiger charge is -2.11. The lowest BCUT2D eigenvalue weighted by molar-refractivity contribution is 0.0929. The molecule has 0 aliphatic heterocycles. The molecule has 0 aliphatic rings. The molecular formula is C20H20N6O3S. The fourth-order valence-corrected chi connectivity index (χ4v) is 3.61. The predicted octanol–water partition coefficient (Wildman–Crippen LogP) is 2.69. The van der Waals surface area contributed by atoms with Crippen LogP contribution in [0.2, 0.25) is 0 Å². The van der Waals surface area contributed by atoms with E-state index in [0.29, 0.717) is 27.6 Å². The van der Waals surface area contributed by atoms with Crippen molar-refractivity contribution in [1.29, 1.82) is 0 Å². The number of nitrogens with zero attached hydrogens (tertiary/aromatic N) is 4. The minimum atomic E-state index is -0.417. The van der Waals surface area contributed by atoms with Gasteiger partial charge in [-0.05, 0) is 56.5 Å². The maximum absolute atomic E-state index is 12.9. The maximum Gasteiger partial charge on any atom is 0.297 e. The van der Waals surface area contributed by atoms with Gasteiger partial charge in [-0.2, -0.15) is 9.67 Å². The fourth-order valence-electron chi connectivity index (χ4n) is 3.13. The van der Waals surface area contributed by atoms with Crippen LogP contribution in [-0.2, 0) is 0 Å². The van der Waals surface area contributed by atoms with E-state index in [4.69, 9.17) is 10.5 Å². The lowest BCUT2D eigenvalue weighted by Crippen LogP contribution is -2.18. The number of hydrogen-bond donors (Lipinski definition) is 2. The fraction of sp³-hybridized carbons (Fsp3) is 0.200. The smallest absolute Gasteiger partial charge is 0.297 e. The number of H-pyrrole nitrogens is 1. The summed E-state index contributed by atoms with van der Waals surface area (Å²) in [5, 5.41) is 5.06. The minimum absolute atomic E-state index is 0.0180. The number of anilines is 1. The second-order valence-corrected chi connectivity index (χ2v) is 7.60. The number of ether oxygens (including phenoxy) is 1. The Morgan fingerprint density at radius 1 is 1.20 bits per heavy atom. The third-order valence-corrected chi connectivity index (χ3v) is 4.97. The number of rotatable bonds is 5. The van der Waals surface area contributed by atoms with Gasteiger partial charge < -0.3 is 15.5 Å². The van der Waals surface area contributed by atoms with Crippen molar-refractivity contribution in [3.05, 3.63) is 58.5 Å². The van der Waals surface area contributed by atoms with E-state index in [1.54, 1.807) is 42.7 Å². The molecule has 10 heteroatoms. The Bertz CT molecular complexity index is 1290. The first-order valence-electron chi connectivity index (χ1n) is 9.20. The standard InChI is InChI=1S/C20H20N6O3S/c1-11(2)29-14-7-5-13(6-8-14)25-16(27)9-4-12-10-15(22-17(12)25)18(28)26-20(30-3)23-19(21)24-26/h4-11,22H,1-3H3,(H2,21,24). The summed E-state index contributed by atoms with van der Waals surface area (Å²) in [6.07, 6.45) is 1.83. The number of aromatic nitrogens is 5. The van der Waals surface area contributed by atoms with Gasteiger partial charge in [-0.3, -0.25) is 14.2 Å². The van der Waals surface area contributed by atoms with Gasteiger partial charge in [0, 0.05) is 11.5 Å². The Balaban J connectivity index is 1.79. The van der Waals surface area contributed by atoms with Crippen molar-refractivity contribution in [3.8, 4) is 11.4 Å². The van der Waals surface area contributed by atoms with E-state index >= 15 is 0 Å². The molecule has 0 fully saturated rings. The molecule has 0 unspecified atom stereocenters. The van der Waals surface area contributed by atoms with E-state index in [1.165, 1.54) is 22.4 Å². The van der Waals surface area contributed by atoms with Crippen molar-refractivity contribution < 1.29 is 9.53 Å². The first kappa shape index (κ1) is 19.8. The van der Waals surface area contributed by atoms with E-state index in [1.807, 2.05) is 13.8 Å². The van der Waals surface area contributed by atoms with Gasteiger partial charge in [-0.25, -0.2) is 0 Å². The molecule has 0 saturated heterocycles. The largest absolute Gasteiger partial charge is 0.491 e. The van der Waals surface area contributed by atoms with Crippen molar-refractivity contribution >= 4 is 34.7 Å². The number of carbonyl (C=O) groups is 1. The number of hydrogen-bond acceptors (Lipinski definition) is 7. The second-order valence-electron chi connectivity index (χ2n) is 6.83. The Hall–Kier alpha value is -3.53. The molecular weight excluding hydrogens is 404 g/mol. The molecule has 9 nitrogen and oxygen atoms in total. The number of thioether (sulfide) groups is 1. The van der Waals surface area contributed by atoms with E-state index in [9.17, 15) is 9.59 Å². The Kier molecular flexibility index (Phi) is 5.08. The highest BCUT2D eigenvalue weighted by atomic mass is 32.2. The van der Waals surface area contributed by atoms with Crippen LogP contribution >= 0.6 is 11.8 Å². The molecule has 3 heterocycles. The molecule has 0 spiro atoms. The predicted molar refractivity (Wildman–Crippen MR) is 116 cm³/mol. The summed E-state index contributed by atoms with van der Waals surface area (Å²) in [4.78, 5) is 32.7. The molecule has 30 heavy (non-hydrogen) atoms. The number of pyridine rings is 1. The van der Waals surface area contributed by atoms with Crippen LogP contribution in [0.15, 0.2) is 52.4 Å². The van der Waals surface area contributed by atoms with Crippen molar-refractivity contribution in [2.45, 2.75) is 25.1 Å². The highest BCUT2D eigenvalue weighted by Crippen LogP contribution is 2.22. The highest BCUT2D eigenvalue weighted by molar-refractivity contribution is 7.98. The molecule has 0 bridgehead atoms. The van der Waals surface area contributed by atoms with Crippen LogP contribution in [0.1, 0.15) is 24.3 Å². The average Bonchev–Trinajstić information content (AvgIpc) is 3.31. The summed E-state index contributed by atoms with van der Waals surface area (Å²) in [5.74, 6) is 0.313. The molecule has 0 radical (unpaired) electrons. The second kappa shape index (κ2) is 7.71. The van der Waals surface area contributed by atoms with Crippen LogP contribution < -0.4 is 16.0 Å². The van der Waals surface area contributed by atoms with Gasteiger partial charge in [0.1, 0.15) is 17.1 Å². The van der Waals surface area contributed by atoms with Gasteiger partial charge in [-0.15, -0.1) is 5.10 Å².